The van der Waals surface area contributed by atoms with Gasteiger partial charge in [-0.2, -0.15) is 0 Å². The molecule has 1 aliphatic heterocycles. The molecule has 2 N–H and O–H groups in total. The number of hydrogen-bond donors (Lipinski definition) is 2. The average molecular weight is 619 g/mol. The van der Waals surface area contributed by atoms with Crippen LogP contribution in [0.3, 0.4) is 0 Å². The minimum absolute atomic E-state index is 0.0951. The summed E-state index contributed by atoms with van der Waals surface area (Å²) < 4.78 is 29.7. The van der Waals surface area contributed by atoms with Gasteiger partial charge in [0.15, 0.2) is 0 Å². The molecule has 0 aromatic heterocycles. The van der Waals surface area contributed by atoms with Crippen LogP contribution in [-0.4, -0.2) is 32.8 Å². The summed E-state index contributed by atoms with van der Waals surface area (Å²) >= 11 is 9.52. The first-order valence-corrected chi connectivity index (χ1v) is 14.9. The Morgan fingerprint density at radius 2 is 1.71 bits per heavy atom. The van der Waals surface area contributed by atoms with E-state index in [4.69, 9.17) is 11.6 Å². The van der Waals surface area contributed by atoms with Crippen LogP contribution in [0.15, 0.2) is 76.1 Å². The molecule has 2 amide bonds. The number of nitrogens with one attached hydrogen (secondary N) is 2. The average Bonchev–Trinajstić information content (AvgIpc) is 2.86. The summed E-state index contributed by atoms with van der Waals surface area (Å²) in [7, 11) is -3.91. The van der Waals surface area contributed by atoms with E-state index in [0.29, 0.717) is 23.6 Å². The number of aryl methyl sites for hydroxylation is 2. The highest BCUT2D eigenvalue weighted by molar-refractivity contribution is 9.10. The number of rotatable bonds is 8. The zero-order valence-electron chi connectivity index (χ0n) is 21.1. The molecule has 3 aromatic carbocycles. The van der Waals surface area contributed by atoms with Crippen molar-refractivity contribution in [3.8, 4) is 0 Å². The summed E-state index contributed by atoms with van der Waals surface area (Å²) in [6.45, 7) is 4.48. The molecule has 0 bridgehead atoms. The fraction of sp³-hybridized carbons (Fsp3) is 0.286. The van der Waals surface area contributed by atoms with Crippen LogP contribution >= 0.6 is 27.5 Å². The summed E-state index contributed by atoms with van der Waals surface area (Å²) in [6.07, 6.45) is 1.05. The first-order valence-electron chi connectivity index (χ1n) is 12.3. The molecular formula is C28H29BrClN3O4S. The van der Waals surface area contributed by atoms with Gasteiger partial charge in [0.1, 0.15) is 6.04 Å². The molecule has 7 nitrogen and oxygen atoms in total. The molecule has 38 heavy (non-hydrogen) atoms. The van der Waals surface area contributed by atoms with Crippen molar-refractivity contribution in [2.75, 3.05) is 11.4 Å². The summed E-state index contributed by atoms with van der Waals surface area (Å²) in [5, 5.41) is 3.35. The van der Waals surface area contributed by atoms with Gasteiger partial charge < -0.3 is 10.2 Å². The number of sulfonamides is 1. The fourth-order valence-electron chi connectivity index (χ4n) is 4.78. The Bertz CT molecular complexity index is 1410. The number of amides is 2. The molecule has 0 saturated carbocycles. The maximum absolute atomic E-state index is 13.4. The van der Waals surface area contributed by atoms with Gasteiger partial charge in [0.2, 0.25) is 21.8 Å². The predicted octanol–water partition coefficient (Wildman–Crippen LogP) is 5.44. The second-order valence-electron chi connectivity index (χ2n) is 9.38. The number of carbonyl (C=O) groups excluding carboxylic acids is 2. The van der Waals surface area contributed by atoms with E-state index >= 15 is 0 Å². The second-order valence-corrected chi connectivity index (χ2v) is 12.4. The molecule has 1 saturated heterocycles. The van der Waals surface area contributed by atoms with Crippen molar-refractivity contribution in [1.82, 2.24) is 10.0 Å². The lowest BCUT2D eigenvalue weighted by molar-refractivity contribution is -0.128. The molecule has 1 heterocycles. The van der Waals surface area contributed by atoms with Gasteiger partial charge in [-0.05, 0) is 79.8 Å². The van der Waals surface area contributed by atoms with Crippen molar-refractivity contribution >= 4 is 55.1 Å². The van der Waals surface area contributed by atoms with E-state index in [1.807, 2.05) is 26.0 Å². The monoisotopic (exact) mass is 617 g/mol. The third kappa shape index (κ3) is 6.64. The van der Waals surface area contributed by atoms with Crippen LogP contribution in [0.2, 0.25) is 5.02 Å². The van der Waals surface area contributed by atoms with Gasteiger partial charge in [-0.25, -0.2) is 13.1 Å². The topological polar surface area (TPSA) is 95.6 Å². The molecule has 1 fully saturated rings. The number of piperidine rings is 1. The van der Waals surface area contributed by atoms with Crippen molar-refractivity contribution in [2.24, 2.45) is 0 Å². The zero-order valence-corrected chi connectivity index (χ0v) is 24.2. The Morgan fingerprint density at radius 1 is 1.08 bits per heavy atom. The van der Waals surface area contributed by atoms with Crippen LogP contribution in [0, 0.1) is 13.8 Å². The van der Waals surface area contributed by atoms with E-state index in [9.17, 15) is 18.0 Å². The lowest BCUT2D eigenvalue weighted by Gasteiger charge is -2.34. The maximum Gasteiger partial charge on any atom is 0.249 e. The number of anilines is 1. The Kier molecular flexibility index (Phi) is 8.92. The normalized spacial score (nSPS) is 16.8. The third-order valence-corrected chi connectivity index (χ3v) is 8.71. The smallest absolute Gasteiger partial charge is 0.249 e. The molecule has 2 unspecified atom stereocenters. The van der Waals surface area contributed by atoms with E-state index in [2.05, 4.69) is 26.0 Å². The lowest BCUT2D eigenvalue weighted by atomic mass is 9.99. The van der Waals surface area contributed by atoms with Crippen LogP contribution in [0.4, 0.5) is 5.69 Å². The van der Waals surface area contributed by atoms with E-state index < -0.39 is 28.0 Å². The maximum atomic E-state index is 13.4. The van der Waals surface area contributed by atoms with Crippen LogP contribution in [0.5, 0.6) is 0 Å². The van der Waals surface area contributed by atoms with Crippen molar-refractivity contribution in [1.29, 1.82) is 0 Å². The standard InChI is InChI=1S/C28H29BrClN3O4S/c1-18-15-21(29)16-19(2)27(18)33-14-6-9-24(28(33)35)31-26(34)17-25(20-10-12-22(30)13-11-20)32-38(36,37)23-7-4-3-5-8-23/h3-5,7-8,10-13,15-16,24-25,32H,6,9,14,17H2,1-2H3,(H,31,34). The van der Waals surface area contributed by atoms with Crippen molar-refractivity contribution in [3.05, 3.63) is 92.9 Å². The number of carbonyl (C=O) groups is 2. The Hall–Kier alpha value is -2.72. The van der Waals surface area contributed by atoms with Crippen LogP contribution in [-0.2, 0) is 19.6 Å². The second kappa shape index (κ2) is 12.0. The molecule has 2 atom stereocenters. The minimum Gasteiger partial charge on any atom is -0.344 e. The van der Waals surface area contributed by atoms with Crippen molar-refractivity contribution in [2.45, 2.75) is 50.1 Å². The molecule has 200 valence electrons. The van der Waals surface area contributed by atoms with Crippen LogP contribution in [0.25, 0.3) is 0 Å². The van der Waals surface area contributed by atoms with Crippen LogP contribution < -0.4 is 14.9 Å². The molecular weight excluding hydrogens is 590 g/mol. The number of hydrogen-bond acceptors (Lipinski definition) is 4. The largest absolute Gasteiger partial charge is 0.344 e. The molecule has 0 spiro atoms. The Labute approximate surface area is 236 Å². The lowest BCUT2D eigenvalue weighted by Crippen LogP contribution is -2.53. The number of benzene rings is 3. The molecule has 10 heteroatoms. The highest BCUT2D eigenvalue weighted by Gasteiger charge is 2.33. The summed E-state index contributed by atoms with van der Waals surface area (Å²) in [5.41, 5.74) is 3.37. The van der Waals surface area contributed by atoms with E-state index in [1.54, 1.807) is 47.4 Å². The van der Waals surface area contributed by atoms with E-state index in [0.717, 1.165) is 27.7 Å². The summed E-state index contributed by atoms with van der Waals surface area (Å²) in [6, 6.07) is 17.0. The molecule has 3 aromatic rings. The van der Waals surface area contributed by atoms with Gasteiger partial charge in [-0.15, -0.1) is 0 Å². The quantitative estimate of drug-likeness (QED) is 0.352. The Balaban J connectivity index is 1.52. The van der Waals surface area contributed by atoms with Gasteiger partial charge >= 0.3 is 0 Å². The SMILES string of the molecule is Cc1cc(Br)cc(C)c1N1CCCC(NC(=O)CC(NS(=O)(=O)c2ccccc2)c2ccc(Cl)cc2)C1=O. The fourth-order valence-corrected chi connectivity index (χ4v) is 6.83. The highest BCUT2D eigenvalue weighted by atomic mass is 79.9. The van der Waals surface area contributed by atoms with Gasteiger partial charge in [0.25, 0.3) is 0 Å². The number of halogens is 2. The van der Waals surface area contributed by atoms with Crippen LogP contribution in [0.1, 0.15) is 42.0 Å². The van der Waals surface area contributed by atoms with E-state index in [1.165, 1.54) is 12.1 Å². The zero-order chi connectivity index (χ0) is 27.4. The Morgan fingerprint density at radius 3 is 2.34 bits per heavy atom. The van der Waals surface area contributed by atoms with Gasteiger partial charge in [0, 0.05) is 28.1 Å². The highest BCUT2D eigenvalue weighted by Crippen LogP contribution is 2.31. The summed E-state index contributed by atoms with van der Waals surface area (Å²) in [5.74, 6) is -0.601. The first-order chi connectivity index (χ1) is 18.0. The molecule has 0 aliphatic carbocycles. The van der Waals surface area contributed by atoms with Crippen molar-refractivity contribution < 1.29 is 18.0 Å². The molecule has 0 radical (unpaired) electrons. The summed E-state index contributed by atoms with van der Waals surface area (Å²) in [4.78, 5) is 28.5. The van der Waals surface area contributed by atoms with E-state index in [-0.39, 0.29) is 17.2 Å². The minimum atomic E-state index is -3.91. The van der Waals surface area contributed by atoms with Gasteiger partial charge in [-0.1, -0.05) is 57.9 Å². The number of nitrogens with zero attached hydrogens (tertiary/aromatic N) is 1. The first kappa shape index (κ1) is 28.3. The van der Waals surface area contributed by atoms with Gasteiger partial charge in [0.05, 0.1) is 10.9 Å². The molecule has 1 aliphatic rings. The third-order valence-electron chi connectivity index (χ3n) is 6.51. The van der Waals surface area contributed by atoms with Crippen molar-refractivity contribution in [3.63, 3.8) is 0 Å². The predicted molar refractivity (Wildman–Crippen MR) is 153 cm³/mol. The molecule has 4 rings (SSSR count). The van der Waals surface area contributed by atoms with Gasteiger partial charge in [-0.3, -0.25) is 9.59 Å².